The number of ether oxygens (including phenoxy) is 1. The molecule has 0 heterocycles. The van der Waals surface area contributed by atoms with Gasteiger partial charge < -0.3 is 4.74 Å². The van der Waals surface area contributed by atoms with E-state index in [9.17, 15) is 0 Å². The van der Waals surface area contributed by atoms with Gasteiger partial charge in [-0.2, -0.15) is 5.26 Å². The molecule has 0 aliphatic heterocycles. The normalized spacial score (nSPS) is 10.2. The molecule has 2 aromatic carbocycles. The highest BCUT2D eigenvalue weighted by Crippen LogP contribution is 2.23. The molecule has 2 rings (SSSR count). The minimum absolute atomic E-state index is 0.504. The van der Waals surface area contributed by atoms with E-state index in [4.69, 9.17) is 10.00 Å². The summed E-state index contributed by atoms with van der Waals surface area (Å²) in [6, 6.07) is 19.9. The summed E-state index contributed by atoms with van der Waals surface area (Å²) in [4.78, 5) is 0. The van der Waals surface area contributed by atoms with Gasteiger partial charge in [0.05, 0.1) is 6.07 Å². The molecule has 0 aliphatic carbocycles. The number of hydrogen-bond acceptors (Lipinski definition) is 2. The van der Waals surface area contributed by atoms with Crippen LogP contribution in [-0.4, -0.2) is 0 Å². The van der Waals surface area contributed by atoms with Crippen LogP contribution in [0, 0.1) is 17.2 Å². The lowest BCUT2D eigenvalue weighted by atomic mass is 9.99. The van der Waals surface area contributed by atoms with Crippen molar-refractivity contribution in [2.75, 3.05) is 0 Å². The van der Waals surface area contributed by atoms with Gasteiger partial charge in [-0.25, -0.2) is 0 Å². The number of benzene rings is 2. The minimum atomic E-state index is 0.504. The van der Waals surface area contributed by atoms with Crippen molar-refractivity contribution in [3.8, 4) is 17.6 Å². The molecule has 0 saturated carbocycles. The zero-order valence-corrected chi connectivity index (χ0v) is 11.0. The highest BCUT2D eigenvalue weighted by Gasteiger charge is 2.05. The molecule has 0 N–H and O–H groups in total. The van der Waals surface area contributed by atoms with Crippen molar-refractivity contribution < 1.29 is 4.74 Å². The van der Waals surface area contributed by atoms with Gasteiger partial charge in [-0.15, -0.1) is 0 Å². The van der Waals surface area contributed by atoms with Crippen LogP contribution in [0.4, 0.5) is 0 Å². The first kappa shape index (κ1) is 13.2. The highest BCUT2D eigenvalue weighted by molar-refractivity contribution is 5.34. The fraction of sp³-hybridized carbons (Fsp3) is 0.176. The maximum Gasteiger partial charge on any atom is 0.127 e. The summed E-state index contributed by atoms with van der Waals surface area (Å²) in [5, 5.41) is 8.67. The van der Waals surface area contributed by atoms with Gasteiger partial charge in [0.25, 0.3) is 0 Å². The van der Waals surface area contributed by atoms with Crippen molar-refractivity contribution in [3.63, 3.8) is 0 Å². The summed E-state index contributed by atoms with van der Waals surface area (Å²) in [5.41, 5.74) is 1.17. The Morgan fingerprint density at radius 1 is 1.05 bits per heavy atom. The quantitative estimate of drug-likeness (QED) is 0.781. The van der Waals surface area contributed by atoms with Gasteiger partial charge in [-0.05, 0) is 42.2 Å². The third-order valence-corrected chi connectivity index (χ3v) is 2.76. The molecule has 0 saturated heterocycles. The highest BCUT2D eigenvalue weighted by atomic mass is 16.5. The van der Waals surface area contributed by atoms with E-state index in [2.05, 4.69) is 12.1 Å². The maximum atomic E-state index is 8.67. The zero-order valence-electron chi connectivity index (χ0n) is 11.0. The van der Waals surface area contributed by atoms with Crippen LogP contribution < -0.4 is 4.74 Å². The molecule has 0 unspecified atom stereocenters. The fourth-order valence-electron chi connectivity index (χ4n) is 1.89. The van der Waals surface area contributed by atoms with Gasteiger partial charge in [0.1, 0.15) is 11.5 Å². The van der Waals surface area contributed by atoms with Crippen molar-refractivity contribution in [1.29, 1.82) is 5.26 Å². The maximum absolute atomic E-state index is 8.67. The number of nitriles is 1. The predicted octanol–water partition coefficient (Wildman–Crippen LogP) is 4.53. The van der Waals surface area contributed by atoms with Crippen LogP contribution in [0.3, 0.4) is 0 Å². The first-order valence-electron chi connectivity index (χ1n) is 6.28. The van der Waals surface area contributed by atoms with E-state index in [0.29, 0.717) is 6.42 Å². The molecule has 2 nitrogen and oxygen atoms in total. The van der Waals surface area contributed by atoms with Gasteiger partial charge >= 0.3 is 0 Å². The van der Waals surface area contributed by atoms with Crippen LogP contribution in [0.25, 0.3) is 0 Å². The van der Waals surface area contributed by atoms with Gasteiger partial charge in [0, 0.05) is 6.42 Å². The summed E-state index contributed by atoms with van der Waals surface area (Å²) in [6.07, 6.45) is 1.32. The summed E-state index contributed by atoms with van der Waals surface area (Å²) in [7, 11) is 0. The molecule has 95 valence electrons. The Morgan fingerprint density at radius 2 is 1.79 bits per heavy atom. The molecule has 19 heavy (non-hydrogen) atoms. The molecule has 0 atom stereocenters. The number of rotatable bonds is 5. The van der Waals surface area contributed by atoms with Crippen LogP contribution in [0.1, 0.15) is 18.9 Å². The molecular formula is C17H16NO. The molecule has 2 aromatic rings. The van der Waals surface area contributed by atoms with Gasteiger partial charge in [-0.1, -0.05) is 37.3 Å². The van der Waals surface area contributed by atoms with Crippen molar-refractivity contribution in [3.05, 3.63) is 66.1 Å². The summed E-state index contributed by atoms with van der Waals surface area (Å²) >= 11 is 0. The largest absolute Gasteiger partial charge is 0.457 e. The van der Waals surface area contributed by atoms with Crippen molar-refractivity contribution in [1.82, 2.24) is 0 Å². The van der Waals surface area contributed by atoms with Crippen LogP contribution in [0.5, 0.6) is 11.5 Å². The predicted molar refractivity (Wildman–Crippen MR) is 75.8 cm³/mol. The van der Waals surface area contributed by atoms with E-state index in [1.807, 2.05) is 55.5 Å². The first-order chi connectivity index (χ1) is 9.28. The zero-order chi connectivity index (χ0) is 13.5. The van der Waals surface area contributed by atoms with Crippen molar-refractivity contribution >= 4 is 0 Å². The summed E-state index contributed by atoms with van der Waals surface area (Å²) < 4.78 is 5.79. The number of nitrogens with zero attached hydrogens (tertiary/aromatic N) is 1. The van der Waals surface area contributed by atoms with E-state index >= 15 is 0 Å². The Labute approximate surface area is 114 Å². The van der Waals surface area contributed by atoms with Crippen LogP contribution in [-0.2, 0) is 6.42 Å². The molecule has 0 amide bonds. The van der Waals surface area contributed by atoms with Crippen molar-refractivity contribution in [2.45, 2.75) is 19.8 Å². The molecule has 0 fully saturated rings. The monoisotopic (exact) mass is 250 g/mol. The molecule has 2 heteroatoms. The summed E-state index contributed by atoms with van der Waals surface area (Å²) in [5.74, 6) is 2.82. The molecular weight excluding hydrogens is 234 g/mol. The van der Waals surface area contributed by atoms with E-state index in [1.165, 1.54) is 11.5 Å². The Bertz CT molecular complexity index is 557. The van der Waals surface area contributed by atoms with Gasteiger partial charge in [-0.3, -0.25) is 0 Å². The third kappa shape index (κ3) is 4.15. The lowest BCUT2D eigenvalue weighted by Crippen LogP contribution is -1.96. The van der Waals surface area contributed by atoms with Crippen LogP contribution >= 0.6 is 0 Å². The van der Waals surface area contributed by atoms with Crippen molar-refractivity contribution in [2.24, 2.45) is 0 Å². The topological polar surface area (TPSA) is 33.0 Å². The summed E-state index contributed by atoms with van der Waals surface area (Å²) in [6.45, 7) is 2.01. The minimum Gasteiger partial charge on any atom is -0.457 e. The number of para-hydroxylation sites is 1. The van der Waals surface area contributed by atoms with Gasteiger partial charge in [0.2, 0.25) is 0 Å². The Morgan fingerprint density at radius 3 is 2.53 bits per heavy atom. The molecule has 0 bridgehead atoms. The second-order valence-corrected chi connectivity index (χ2v) is 4.53. The smallest absolute Gasteiger partial charge is 0.127 e. The molecule has 0 aliphatic rings. The van der Waals surface area contributed by atoms with E-state index < -0.39 is 0 Å². The molecule has 1 radical (unpaired) electrons. The molecule has 0 aromatic heterocycles. The van der Waals surface area contributed by atoms with E-state index in [-0.39, 0.29) is 0 Å². The van der Waals surface area contributed by atoms with Crippen LogP contribution in [0.15, 0.2) is 54.6 Å². The Kier molecular flexibility index (Phi) is 4.58. The second kappa shape index (κ2) is 6.61. The average molecular weight is 250 g/mol. The standard InChI is InChI=1S/C17H16NO/c1-14(10-11-18)12-15-6-5-9-17(13-15)19-16-7-3-2-4-8-16/h2-9,13H,10,12H2,1H3. The Hall–Kier alpha value is -2.27. The van der Waals surface area contributed by atoms with Gasteiger partial charge in [0.15, 0.2) is 0 Å². The lowest BCUT2D eigenvalue weighted by Gasteiger charge is -2.09. The first-order valence-corrected chi connectivity index (χ1v) is 6.28. The lowest BCUT2D eigenvalue weighted by molar-refractivity contribution is 0.482. The van der Waals surface area contributed by atoms with Crippen LogP contribution in [0.2, 0.25) is 0 Å². The second-order valence-electron chi connectivity index (χ2n) is 4.53. The van der Waals surface area contributed by atoms with E-state index in [1.54, 1.807) is 0 Å². The SMILES string of the molecule is C[C](CC#N)Cc1cccc(Oc2ccccc2)c1. The van der Waals surface area contributed by atoms with E-state index in [0.717, 1.165) is 17.9 Å². The third-order valence-electron chi connectivity index (χ3n) is 2.76. The average Bonchev–Trinajstić information content (AvgIpc) is 2.40. The fourth-order valence-corrected chi connectivity index (χ4v) is 1.89. The number of hydrogen-bond donors (Lipinski definition) is 0. The Balaban J connectivity index is 2.05. The molecule has 0 spiro atoms.